The maximum absolute atomic E-state index is 11.2. The third-order valence-corrected chi connectivity index (χ3v) is 3.44. The Labute approximate surface area is 90.2 Å². The summed E-state index contributed by atoms with van der Waals surface area (Å²) in [5.41, 5.74) is 6.23. The fourth-order valence-electron chi connectivity index (χ4n) is 0.799. The molecule has 66 valence electrons. The monoisotopic (exact) mass is 311 g/mol. The van der Waals surface area contributed by atoms with Crippen molar-refractivity contribution in [2.75, 3.05) is 12.0 Å². The highest BCUT2D eigenvalue weighted by atomic mass is 79.9. The molecule has 1 aromatic carbocycles. The van der Waals surface area contributed by atoms with Crippen LogP contribution in [0.1, 0.15) is 0 Å². The van der Waals surface area contributed by atoms with Crippen LogP contribution in [-0.2, 0) is 10.8 Å². The molecule has 12 heavy (non-hydrogen) atoms. The highest BCUT2D eigenvalue weighted by Crippen LogP contribution is 2.29. The van der Waals surface area contributed by atoms with Gasteiger partial charge in [-0.05, 0) is 28.1 Å². The van der Waals surface area contributed by atoms with Crippen molar-refractivity contribution in [3.8, 4) is 0 Å². The van der Waals surface area contributed by atoms with Gasteiger partial charge in [0.05, 0.1) is 21.4 Å². The Kier molecular flexibility index (Phi) is 3.31. The van der Waals surface area contributed by atoms with Crippen molar-refractivity contribution in [1.82, 2.24) is 0 Å². The van der Waals surface area contributed by atoms with Crippen molar-refractivity contribution >= 4 is 48.3 Å². The second-order valence-electron chi connectivity index (χ2n) is 2.25. The van der Waals surface area contributed by atoms with Crippen LogP contribution in [0.4, 0.5) is 5.69 Å². The van der Waals surface area contributed by atoms with E-state index >= 15 is 0 Å². The van der Waals surface area contributed by atoms with E-state index < -0.39 is 10.8 Å². The molecule has 0 saturated heterocycles. The van der Waals surface area contributed by atoms with Gasteiger partial charge in [-0.1, -0.05) is 15.9 Å². The Bertz CT molecular complexity index is 340. The maximum Gasteiger partial charge on any atom is 0.0637 e. The first kappa shape index (κ1) is 10.2. The fraction of sp³-hybridized carbons (Fsp3) is 0.143. The maximum atomic E-state index is 11.2. The average Bonchev–Trinajstić information content (AvgIpc) is 1.96. The number of benzene rings is 1. The van der Waals surface area contributed by atoms with E-state index in [1.165, 1.54) is 0 Å². The van der Waals surface area contributed by atoms with Crippen molar-refractivity contribution in [2.45, 2.75) is 4.90 Å². The van der Waals surface area contributed by atoms with Gasteiger partial charge in [0.25, 0.3) is 0 Å². The largest absolute Gasteiger partial charge is 0.397 e. The van der Waals surface area contributed by atoms with Crippen LogP contribution in [0.15, 0.2) is 26.0 Å². The zero-order valence-electron chi connectivity index (χ0n) is 6.30. The van der Waals surface area contributed by atoms with E-state index in [2.05, 4.69) is 31.9 Å². The van der Waals surface area contributed by atoms with Gasteiger partial charge in [0.1, 0.15) is 0 Å². The minimum absolute atomic E-state index is 0.541. The van der Waals surface area contributed by atoms with Crippen LogP contribution < -0.4 is 5.73 Å². The summed E-state index contributed by atoms with van der Waals surface area (Å²) in [5, 5.41) is 0. The minimum Gasteiger partial charge on any atom is -0.397 e. The number of nitrogen functional groups attached to an aromatic ring is 1. The lowest BCUT2D eigenvalue weighted by Gasteiger charge is -2.04. The second kappa shape index (κ2) is 3.89. The topological polar surface area (TPSA) is 43.1 Å². The fourth-order valence-corrected chi connectivity index (χ4v) is 3.02. The molecular formula is C7H7Br2NOS. The molecule has 0 spiro atoms. The number of nitrogens with two attached hydrogens (primary N) is 1. The molecule has 0 fully saturated rings. The molecule has 0 aliphatic carbocycles. The third-order valence-electron chi connectivity index (χ3n) is 1.37. The highest BCUT2D eigenvalue weighted by Gasteiger charge is 2.07. The Morgan fingerprint density at radius 2 is 2.00 bits per heavy atom. The summed E-state index contributed by atoms with van der Waals surface area (Å²) in [6, 6.07) is 3.59. The zero-order valence-corrected chi connectivity index (χ0v) is 10.3. The summed E-state index contributed by atoms with van der Waals surface area (Å²) in [6.45, 7) is 0. The number of halogens is 2. The molecule has 0 bridgehead atoms. The first-order chi connectivity index (χ1) is 5.52. The Morgan fingerprint density at radius 3 is 2.50 bits per heavy atom. The predicted molar refractivity (Wildman–Crippen MR) is 58.6 cm³/mol. The smallest absolute Gasteiger partial charge is 0.0637 e. The summed E-state index contributed by atoms with van der Waals surface area (Å²) in [6.07, 6.45) is 1.60. The molecule has 0 aliphatic rings. The standard InChI is InChI=1S/C7H7Br2NOS/c1-12(11)6-3-4(8)2-5(9)7(6)10/h2-3H,10H2,1H3. The van der Waals surface area contributed by atoms with Gasteiger partial charge in [-0.2, -0.15) is 0 Å². The highest BCUT2D eigenvalue weighted by molar-refractivity contribution is 9.11. The molecule has 0 aliphatic heterocycles. The van der Waals surface area contributed by atoms with E-state index in [-0.39, 0.29) is 0 Å². The lowest BCUT2D eigenvalue weighted by atomic mass is 10.3. The van der Waals surface area contributed by atoms with E-state index in [9.17, 15) is 4.21 Å². The second-order valence-corrected chi connectivity index (χ2v) is 5.37. The SMILES string of the molecule is CS(=O)c1cc(Br)cc(Br)c1N. The van der Waals surface area contributed by atoms with Crippen molar-refractivity contribution in [1.29, 1.82) is 0 Å². The van der Waals surface area contributed by atoms with Crippen molar-refractivity contribution in [3.63, 3.8) is 0 Å². The molecule has 0 heterocycles. The van der Waals surface area contributed by atoms with Gasteiger partial charge in [0.2, 0.25) is 0 Å². The van der Waals surface area contributed by atoms with E-state index in [1.807, 2.05) is 6.07 Å². The molecule has 2 nitrogen and oxygen atoms in total. The van der Waals surface area contributed by atoms with Crippen molar-refractivity contribution < 1.29 is 4.21 Å². The van der Waals surface area contributed by atoms with Gasteiger partial charge in [0.15, 0.2) is 0 Å². The van der Waals surface area contributed by atoms with Gasteiger partial charge < -0.3 is 5.73 Å². The van der Waals surface area contributed by atoms with E-state index in [0.29, 0.717) is 10.6 Å². The normalized spacial score (nSPS) is 12.9. The van der Waals surface area contributed by atoms with E-state index in [4.69, 9.17) is 5.73 Å². The molecule has 1 unspecified atom stereocenters. The van der Waals surface area contributed by atoms with Crippen LogP contribution in [0, 0.1) is 0 Å². The van der Waals surface area contributed by atoms with Crippen LogP contribution in [0.5, 0.6) is 0 Å². The molecule has 1 rings (SSSR count). The van der Waals surface area contributed by atoms with Gasteiger partial charge in [0, 0.05) is 15.2 Å². The van der Waals surface area contributed by atoms with Gasteiger partial charge in [-0.15, -0.1) is 0 Å². The first-order valence-electron chi connectivity index (χ1n) is 3.10. The summed E-state index contributed by atoms with van der Waals surface area (Å²) in [5.74, 6) is 0. The van der Waals surface area contributed by atoms with Crippen LogP contribution in [-0.4, -0.2) is 10.5 Å². The summed E-state index contributed by atoms with van der Waals surface area (Å²) in [7, 11) is -1.05. The summed E-state index contributed by atoms with van der Waals surface area (Å²) < 4.78 is 12.8. The molecule has 5 heteroatoms. The third kappa shape index (κ3) is 2.08. The number of hydrogen-bond acceptors (Lipinski definition) is 2. The Balaban J connectivity index is 3.37. The van der Waals surface area contributed by atoms with Gasteiger partial charge in [-0.25, -0.2) is 0 Å². The predicted octanol–water partition coefficient (Wildman–Crippen LogP) is 2.53. The van der Waals surface area contributed by atoms with Gasteiger partial charge >= 0.3 is 0 Å². The van der Waals surface area contributed by atoms with Crippen LogP contribution in [0.3, 0.4) is 0 Å². The molecule has 2 N–H and O–H groups in total. The van der Waals surface area contributed by atoms with Crippen LogP contribution in [0.25, 0.3) is 0 Å². The van der Waals surface area contributed by atoms with E-state index in [0.717, 1.165) is 8.95 Å². The molecule has 0 saturated carbocycles. The van der Waals surface area contributed by atoms with Crippen molar-refractivity contribution in [2.24, 2.45) is 0 Å². The molecule has 0 radical (unpaired) electrons. The Hall–Kier alpha value is 0.130. The molecular weight excluding hydrogens is 306 g/mol. The van der Waals surface area contributed by atoms with Crippen LogP contribution >= 0.6 is 31.9 Å². The number of hydrogen-bond donors (Lipinski definition) is 1. The molecule has 1 aromatic rings. The molecule has 0 amide bonds. The number of rotatable bonds is 1. The summed E-state index contributed by atoms with van der Waals surface area (Å²) >= 11 is 6.57. The van der Waals surface area contributed by atoms with E-state index in [1.54, 1.807) is 12.3 Å². The number of anilines is 1. The first-order valence-corrected chi connectivity index (χ1v) is 6.24. The zero-order chi connectivity index (χ0) is 9.30. The van der Waals surface area contributed by atoms with Crippen LogP contribution in [0.2, 0.25) is 0 Å². The van der Waals surface area contributed by atoms with Gasteiger partial charge in [-0.3, -0.25) is 4.21 Å². The molecule has 0 aromatic heterocycles. The minimum atomic E-state index is -1.05. The average molecular weight is 313 g/mol. The van der Waals surface area contributed by atoms with Crippen molar-refractivity contribution in [3.05, 3.63) is 21.1 Å². The Morgan fingerprint density at radius 1 is 1.42 bits per heavy atom. The summed E-state index contributed by atoms with van der Waals surface area (Å²) in [4.78, 5) is 0.649. The lowest BCUT2D eigenvalue weighted by Crippen LogP contribution is -1.97. The molecule has 1 atom stereocenters. The lowest BCUT2D eigenvalue weighted by molar-refractivity contribution is 0.687. The quantitative estimate of drug-likeness (QED) is 0.810.